The van der Waals surface area contributed by atoms with Gasteiger partial charge in [-0.05, 0) is 36.1 Å². The van der Waals surface area contributed by atoms with E-state index in [1.807, 2.05) is 13.8 Å². The van der Waals surface area contributed by atoms with Crippen LogP contribution in [0, 0.1) is 0 Å². The Balaban J connectivity index is 2.30. The van der Waals surface area contributed by atoms with Crippen molar-refractivity contribution in [2.45, 2.75) is 44.3 Å². The number of nitrogens with zero attached hydrogens (tertiary/aromatic N) is 1. The van der Waals surface area contributed by atoms with E-state index in [0.29, 0.717) is 25.3 Å². The zero-order chi connectivity index (χ0) is 15.5. The second kappa shape index (κ2) is 6.87. The molecule has 1 saturated heterocycles. The second-order valence-electron chi connectivity index (χ2n) is 5.21. The van der Waals surface area contributed by atoms with Crippen LogP contribution in [0.15, 0.2) is 23.1 Å². The summed E-state index contributed by atoms with van der Waals surface area (Å²) in [5, 5.41) is 9.40. The minimum Gasteiger partial charge on any atom is -0.392 e. The molecule has 1 N–H and O–H groups in total. The van der Waals surface area contributed by atoms with Crippen LogP contribution in [0.3, 0.4) is 0 Å². The molecular formula is C15H23NO4S. The lowest BCUT2D eigenvalue weighted by atomic mass is 10.1. The molecule has 1 heterocycles. The van der Waals surface area contributed by atoms with E-state index < -0.39 is 10.0 Å². The molecule has 1 unspecified atom stereocenters. The Bertz CT molecular complexity index is 585. The summed E-state index contributed by atoms with van der Waals surface area (Å²) in [6, 6.07) is 5.00. The SMILES string of the molecule is CCc1ccc(S(=O)(=O)N2CCOC(CC)C2)cc1CO. The highest BCUT2D eigenvalue weighted by Gasteiger charge is 2.30. The maximum atomic E-state index is 12.7. The fraction of sp³-hybridized carbons (Fsp3) is 0.600. The minimum absolute atomic E-state index is 0.0410. The normalized spacial score (nSPS) is 20.6. The van der Waals surface area contributed by atoms with Crippen LogP contribution in [0.5, 0.6) is 0 Å². The van der Waals surface area contributed by atoms with E-state index in [1.165, 1.54) is 4.31 Å². The largest absolute Gasteiger partial charge is 0.392 e. The number of aryl methyl sites for hydroxylation is 1. The number of morpholine rings is 1. The lowest BCUT2D eigenvalue weighted by Crippen LogP contribution is -2.45. The van der Waals surface area contributed by atoms with Crippen LogP contribution >= 0.6 is 0 Å². The molecule has 21 heavy (non-hydrogen) atoms. The molecule has 5 nitrogen and oxygen atoms in total. The van der Waals surface area contributed by atoms with Gasteiger partial charge in [-0.2, -0.15) is 4.31 Å². The summed E-state index contributed by atoms with van der Waals surface area (Å²) in [4.78, 5) is 0.250. The Hall–Kier alpha value is -0.950. The lowest BCUT2D eigenvalue weighted by Gasteiger charge is -2.31. The molecule has 2 rings (SSSR count). The average molecular weight is 313 g/mol. The van der Waals surface area contributed by atoms with Crippen LogP contribution in [-0.4, -0.2) is 43.6 Å². The van der Waals surface area contributed by atoms with E-state index in [-0.39, 0.29) is 17.6 Å². The summed E-state index contributed by atoms with van der Waals surface area (Å²) in [6.07, 6.45) is 1.52. The van der Waals surface area contributed by atoms with Gasteiger partial charge in [0.2, 0.25) is 10.0 Å². The van der Waals surface area contributed by atoms with E-state index in [2.05, 4.69) is 0 Å². The van der Waals surface area contributed by atoms with Crippen molar-refractivity contribution < 1.29 is 18.3 Å². The first-order chi connectivity index (χ1) is 10.0. The van der Waals surface area contributed by atoms with Crippen LogP contribution in [-0.2, 0) is 27.8 Å². The van der Waals surface area contributed by atoms with Gasteiger partial charge < -0.3 is 9.84 Å². The van der Waals surface area contributed by atoms with Gasteiger partial charge in [0.25, 0.3) is 0 Å². The highest BCUT2D eigenvalue weighted by atomic mass is 32.2. The third-order valence-corrected chi connectivity index (χ3v) is 5.78. The fourth-order valence-electron chi connectivity index (χ4n) is 2.56. The first kappa shape index (κ1) is 16.4. The lowest BCUT2D eigenvalue weighted by molar-refractivity contribution is -0.00278. The molecular weight excluding hydrogens is 290 g/mol. The molecule has 0 aromatic heterocycles. The molecule has 1 aliphatic rings. The quantitative estimate of drug-likeness (QED) is 0.895. The highest BCUT2D eigenvalue weighted by molar-refractivity contribution is 7.89. The number of hydrogen-bond donors (Lipinski definition) is 1. The molecule has 118 valence electrons. The number of rotatable bonds is 5. The van der Waals surface area contributed by atoms with Crippen molar-refractivity contribution in [2.24, 2.45) is 0 Å². The van der Waals surface area contributed by atoms with Crippen molar-refractivity contribution >= 4 is 10.0 Å². The predicted molar refractivity (Wildman–Crippen MR) is 80.5 cm³/mol. The maximum Gasteiger partial charge on any atom is 0.243 e. The highest BCUT2D eigenvalue weighted by Crippen LogP contribution is 2.22. The van der Waals surface area contributed by atoms with Crippen molar-refractivity contribution in [1.29, 1.82) is 0 Å². The number of benzene rings is 1. The van der Waals surface area contributed by atoms with Gasteiger partial charge in [0.15, 0.2) is 0 Å². The number of ether oxygens (including phenoxy) is 1. The van der Waals surface area contributed by atoms with Crippen LogP contribution in [0.25, 0.3) is 0 Å². The van der Waals surface area contributed by atoms with Crippen molar-refractivity contribution in [3.05, 3.63) is 29.3 Å². The zero-order valence-electron chi connectivity index (χ0n) is 12.6. The Labute approximate surface area is 126 Å². The Morgan fingerprint density at radius 3 is 2.71 bits per heavy atom. The number of sulfonamides is 1. The summed E-state index contributed by atoms with van der Waals surface area (Å²) in [5.74, 6) is 0. The van der Waals surface area contributed by atoms with Crippen LogP contribution in [0.4, 0.5) is 0 Å². The molecule has 0 aliphatic carbocycles. The van der Waals surface area contributed by atoms with Gasteiger partial charge in [0.1, 0.15) is 0 Å². The van der Waals surface area contributed by atoms with Crippen LogP contribution < -0.4 is 0 Å². The number of aliphatic hydroxyl groups excluding tert-OH is 1. The van der Waals surface area contributed by atoms with Gasteiger partial charge in [-0.3, -0.25) is 0 Å². The van der Waals surface area contributed by atoms with Crippen molar-refractivity contribution in [3.8, 4) is 0 Å². The van der Waals surface area contributed by atoms with Gasteiger partial charge >= 0.3 is 0 Å². The van der Waals surface area contributed by atoms with E-state index in [4.69, 9.17) is 4.74 Å². The molecule has 0 amide bonds. The van der Waals surface area contributed by atoms with Crippen LogP contribution in [0.1, 0.15) is 31.4 Å². The fourth-order valence-corrected chi connectivity index (χ4v) is 4.07. The molecule has 1 fully saturated rings. The van der Waals surface area contributed by atoms with Gasteiger partial charge in [-0.15, -0.1) is 0 Å². The smallest absolute Gasteiger partial charge is 0.243 e. The average Bonchev–Trinajstić information content (AvgIpc) is 2.54. The minimum atomic E-state index is -3.52. The zero-order valence-corrected chi connectivity index (χ0v) is 13.4. The summed E-state index contributed by atoms with van der Waals surface area (Å²) in [7, 11) is -3.52. The molecule has 0 radical (unpaired) electrons. The standard InChI is InChI=1S/C15H23NO4S/c1-3-12-5-6-15(9-13(12)11-17)21(18,19)16-7-8-20-14(4-2)10-16/h5-6,9,14,17H,3-4,7-8,10-11H2,1-2H3. The topological polar surface area (TPSA) is 66.8 Å². The molecule has 6 heteroatoms. The molecule has 1 aromatic carbocycles. The summed E-state index contributed by atoms with van der Waals surface area (Å²) < 4.78 is 32.4. The van der Waals surface area contributed by atoms with Crippen molar-refractivity contribution in [2.75, 3.05) is 19.7 Å². The second-order valence-corrected chi connectivity index (χ2v) is 7.14. The van der Waals surface area contributed by atoms with Gasteiger partial charge in [-0.25, -0.2) is 8.42 Å². The third-order valence-electron chi connectivity index (χ3n) is 3.92. The van der Waals surface area contributed by atoms with E-state index in [9.17, 15) is 13.5 Å². The molecule has 0 bridgehead atoms. The van der Waals surface area contributed by atoms with Crippen molar-refractivity contribution in [3.63, 3.8) is 0 Å². The van der Waals surface area contributed by atoms with Crippen LogP contribution in [0.2, 0.25) is 0 Å². The Morgan fingerprint density at radius 2 is 2.10 bits per heavy atom. The molecule has 0 spiro atoms. The van der Waals surface area contributed by atoms with E-state index in [1.54, 1.807) is 18.2 Å². The first-order valence-electron chi connectivity index (χ1n) is 7.37. The summed E-state index contributed by atoms with van der Waals surface area (Å²) in [5.41, 5.74) is 1.66. The van der Waals surface area contributed by atoms with Gasteiger partial charge in [0, 0.05) is 13.1 Å². The predicted octanol–water partition coefficient (Wildman–Crippen LogP) is 1.54. The molecule has 1 atom stereocenters. The Morgan fingerprint density at radius 1 is 1.33 bits per heavy atom. The van der Waals surface area contributed by atoms with Gasteiger partial charge in [0.05, 0.1) is 24.2 Å². The number of hydrogen-bond acceptors (Lipinski definition) is 4. The summed E-state index contributed by atoms with van der Waals surface area (Å²) in [6.45, 7) is 5.02. The third kappa shape index (κ3) is 3.45. The first-order valence-corrected chi connectivity index (χ1v) is 8.81. The van der Waals surface area contributed by atoms with Gasteiger partial charge in [-0.1, -0.05) is 19.9 Å². The molecule has 1 aromatic rings. The molecule has 1 aliphatic heterocycles. The van der Waals surface area contributed by atoms with E-state index >= 15 is 0 Å². The van der Waals surface area contributed by atoms with E-state index in [0.717, 1.165) is 18.4 Å². The monoisotopic (exact) mass is 313 g/mol. The Kier molecular flexibility index (Phi) is 5.37. The summed E-state index contributed by atoms with van der Waals surface area (Å²) >= 11 is 0. The number of aliphatic hydroxyl groups is 1. The molecule has 0 saturated carbocycles. The van der Waals surface area contributed by atoms with Crippen molar-refractivity contribution in [1.82, 2.24) is 4.31 Å². The maximum absolute atomic E-state index is 12.7.